The molecule has 0 radical (unpaired) electrons. The van der Waals surface area contributed by atoms with Crippen LogP contribution in [0.2, 0.25) is 0 Å². The smallest absolute Gasteiger partial charge is 0.335 e. The van der Waals surface area contributed by atoms with Crippen molar-refractivity contribution >= 4 is 26.8 Å². The number of hydrogen-bond acceptors (Lipinski definition) is 3. The third-order valence-corrected chi connectivity index (χ3v) is 5.17. The van der Waals surface area contributed by atoms with E-state index in [0.29, 0.717) is 10.9 Å². The molecule has 0 saturated heterocycles. The van der Waals surface area contributed by atoms with Crippen molar-refractivity contribution in [3.05, 3.63) is 77.9 Å². The van der Waals surface area contributed by atoms with Gasteiger partial charge in [-0.3, -0.25) is 0 Å². The summed E-state index contributed by atoms with van der Waals surface area (Å²) in [6, 6.07) is 18.5. The second-order valence-electron chi connectivity index (χ2n) is 5.30. The topological polar surface area (TPSA) is 83.5 Å². The van der Waals surface area contributed by atoms with Crippen LogP contribution in [0.25, 0.3) is 10.8 Å². The van der Waals surface area contributed by atoms with E-state index in [4.69, 9.17) is 5.11 Å². The predicted molar refractivity (Wildman–Crippen MR) is 91.4 cm³/mol. The Morgan fingerprint density at radius 2 is 1.58 bits per heavy atom. The van der Waals surface area contributed by atoms with Crippen LogP contribution in [0.4, 0.5) is 0 Å². The molecule has 0 aliphatic heterocycles. The van der Waals surface area contributed by atoms with E-state index in [1.54, 1.807) is 36.4 Å². The Kier molecular flexibility index (Phi) is 4.33. The summed E-state index contributed by atoms with van der Waals surface area (Å²) in [6.07, 6.45) is 0. The van der Waals surface area contributed by atoms with E-state index < -0.39 is 16.0 Å². The number of carbonyl (C=O) groups is 1. The number of hydrogen-bond donors (Lipinski definition) is 2. The third kappa shape index (κ3) is 3.29. The van der Waals surface area contributed by atoms with Gasteiger partial charge in [0.25, 0.3) is 0 Å². The molecule has 0 aliphatic rings. The molecular weight excluding hydrogens is 326 g/mol. The van der Waals surface area contributed by atoms with Gasteiger partial charge in [0.2, 0.25) is 10.0 Å². The molecule has 0 unspecified atom stereocenters. The minimum Gasteiger partial charge on any atom is -0.478 e. The lowest BCUT2D eigenvalue weighted by Gasteiger charge is -2.10. The summed E-state index contributed by atoms with van der Waals surface area (Å²) in [4.78, 5) is 11.1. The average Bonchev–Trinajstić information content (AvgIpc) is 2.60. The van der Waals surface area contributed by atoms with E-state index in [2.05, 4.69) is 4.72 Å². The lowest BCUT2D eigenvalue weighted by Crippen LogP contribution is -2.23. The molecule has 6 heteroatoms. The summed E-state index contributed by atoms with van der Waals surface area (Å²) in [5, 5.41) is 10.4. The fourth-order valence-corrected chi connectivity index (χ4v) is 3.70. The van der Waals surface area contributed by atoms with Crippen molar-refractivity contribution in [2.24, 2.45) is 0 Å². The number of aromatic carboxylic acids is 1. The fraction of sp³-hybridized carbons (Fsp3) is 0.0556. The van der Waals surface area contributed by atoms with Gasteiger partial charge in [0.05, 0.1) is 10.5 Å². The highest BCUT2D eigenvalue weighted by Gasteiger charge is 2.16. The van der Waals surface area contributed by atoms with E-state index in [0.717, 1.165) is 5.39 Å². The Hall–Kier alpha value is -2.70. The molecule has 122 valence electrons. The summed E-state index contributed by atoms with van der Waals surface area (Å²) < 4.78 is 27.7. The van der Waals surface area contributed by atoms with Crippen LogP contribution in [0.15, 0.2) is 71.6 Å². The van der Waals surface area contributed by atoms with Gasteiger partial charge in [0.1, 0.15) is 0 Å². The van der Waals surface area contributed by atoms with E-state index in [9.17, 15) is 13.2 Å². The summed E-state index contributed by atoms with van der Waals surface area (Å²) in [5.41, 5.74) is 0.847. The van der Waals surface area contributed by atoms with E-state index in [1.807, 2.05) is 18.2 Å². The van der Waals surface area contributed by atoms with Gasteiger partial charge < -0.3 is 5.11 Å². The highest BCUT2D eigenvalue weighted by molar-refractivity contribution is 7.89. The van der Waals surface area contributed by atoms with Crippen LogP contribution in [-0.4, -0.2) is 19.5 Å². The predicted octanol–water partition coefficient (Wildman–Crippen LogP) is 3.02. The monoisotopic (exact) mass is 341 g/mol. The van der Waals surface area contributed by atoms with Gasteiger partial charge in [-0.2, -0.15) is 0 Å². The van der Waals surface area contributed by atoms with Crippen molar-refractivity contribution in [3.63, 3.8) is 0 Å². The maximum Gasteiger partial charge on any atom is 0.335 e. The maximum absolute atomic E-state index is 12.6. The molecule has 3 aromatic rings. The molecule has 0 fully saturated rings. The van der Waals surface area contributed by atoms with Gasteiger partial charge in [0.15, 0.2) is 0 Å². The third-order valence-electron chi connectivity index (χ3n) is 3.71. The van der Waals surface area contributed by atoms with Gasteiger partial charge in [-0.1, -0.05) is 48.5 Å². The molecular formula is C18H15NO4S. The van der Waals surface area contributed by atoms with Crippen LogP contribution in [-0.2, 0) is 16.6 Å². The van der Waals surface area contributed by atoms with Crippen molar-refractivity contribution in [1.29, 1.82) is 0 Å². The number of sulfonamides is 1. The van der Waals surface area contributed by atoms with Crippen molar-refractivity contribution in [1.82, 2.24) is 4.72 Å². The number of fused-ring (bicyclic) bond motifs is 1. The number of rotatable bonds is 5. The number of nitrogens with one attached hydrogen (secondary N) is 1. The van der Waals surface area contributed by atoms with E-state index in [1.165, 1.54) is 12.1 Å². The lowest BCUT2D eigenvalue weighted by molar-refractivity contribution is 0.0697. The van der Waals surface area contributed by atoms with Gasteiger partial charge in [-0.15, -0.1) is 0 Å². The van der Waals surface area contributed by atoms with Gasteiger partial charge in [0, 0.05) is 11.9 Å². The minimum atomic E-state index is -3.68. The summed E-state index contributed by atoms with van der Waals surface area (Å²) in [6.45, 7) is 0.0887. The molecule has 5 nitrogen and oxygen atoms in total. The molecule has 3 aromatic carbocycles. The first-order valence-electron chi connectivity index (χ1n) is 7.27. The van der Waals surface area contributed by atoms with Crippen LogP contribution in [0, 0.1) is 0 Å². The van der Waals surface area contributed by atoms with E-state index in [-0.39, 0.29) is 17.0 Å². The average molecular weight is 341 g/mol. The van der Waals surface area contributed by atoms with Crippen LogP contribution >= 0.6 is 0 Å². The SMILES string of the molecule is O=C(O)c1ccc(CNS(=O)(=O)c2cccc3ccccc23)cc1. The molecule has 0 saturated carbocycles. The Morgan fingerprint density at radius 3 is 2.29 bits per heavy atom. The lowest BCUT2D eigenvalue weighted by atomic mass is 10.1. The van der Waals surface area contributed by atoms with Gasteiger partial charge in [-0.05, 0) is 29.1 Å². The van der Waals surface area contributed by atoms with Crippen LogP contribution in [0.5, 0.6) is 0 Å². The highest BCUT2D eigenvalue weighted by atomic mass is 32.2. The molecule has 0 atom stereocenters. The molecule has 0 spiro atoms. The van der Waals surface area contributed by atoms with Crippen molar-refractivity contribution in [2.75, 3.05) is 0 Å². The van der Waals surface area contributed by atoms with Gasteiger partial charge >= 0.3 is 5.97 Å². The first kappa shape index (κ1) is 16.2. The van der Waals surface area contributed by atoms with Gasteiger partial charge in [-0.25, -0.2) is 17.9 Å². The Balaban J connectivity index is 1.84. The second kappa shape index (κ2) is 6.43. The zero-order chi connectivity index (χ0) is 17.2. The van der Waals surface area contributed by atoms with E-state index >= 15 is 0 Å². The molecule has 0 bridgehead atoms. The summed E-state index contributed by atoms with van der Waals surface area (Å²) in [7, 11) is -3.68. The Labute approximate surface area is 139 Å². The number of carboxylic acids is 1. The fourth-order valence-electron chi connectivity index (χ4n) is 2.45. The first-order valence-corrected chi connectivity index (χ1v) is 8.75. The largest absolute Gasteiger partial charge is 0.478 e. The summed E-state index contributed by atoms with van der Waals surface area (Å²) >= 11 is 0. The zero-order valence-corrected chi connectivity index (χ0v) is 13.5. The Morgan fingerprint density at radius 1 is 0.917 bits per heavy atom. The zero-order valence-electron chi connectivity index (χ0n) is 12.6. The molecule has 0 amide bonds. The molecule has 0 heterocycles. The maximum atomic E-state index is 12.6. The normalized spacial score (nSPS) is 11.5. The van der Waals surface area contributed by atoms with Crippen molar-refractivity contribution < 1.29 is 18.3 Å². The highest BCUT2D eigenvalue weighted by Crippen LogP contribution is 2.22. The number of carboxylic acid groups (broad SMARTS) is 1. The second-order valence-corrected chi connectivity index (χ2v) is 7.04. The van der Waals surface area contributed by atoms with Crippen molar-refractivity contribution in [2.45, 2.75) is 11.4 Å². The number of benzene rings is 3. The molecule has 3 rings (SSSR count). The van der Waals surface area contributed by atoms with Crippen LogP contribution in [0.1, 0.15) is 15.9 Å². The van der Waals surface area contributed by atoms with Crippen molar-refractivity contribution in [3.8, 4) is 0 Å². The van der Waals surface area contributed by atoms with Crippen LogP contribution < -0.4 is 4.72 Å². The Bertz CT molecular complexity index is 990. The quantitative estimate of drug-likeness (QED) is 0.747. The molecule has 2 N–H and O–H groups in total. The van der Waals surface area contributed by atoms with Crippen LogP contribution in [0.3, 0.4) is 0 Å². The molecule has 24 heavy (non-hydrogen) atoms. The summed E-state index contributed by atoms with van der Waals surface area (Å²) in [5.74, 6) is -1.02. The standard InChI is InChI=1S/C18H15NO4S/c20-18(21)15-10-8-13(9-11-15)12-19-24(22,23)17-7-3-5-14-4-1-2-6-16(14)17/h1-11,19H,12H2,(H,20,21). The minimum absolute atomic E-state index is 0.0887. The molecule has 0 aromatic heterocycles. The molecule has 0 aliphatic carbocycles. The first-order chi connectivity index (χ1) is 11.5.